The van der Waals surface area contributed by atoms with Crippen LogP contribution in [0.25, 0.3) is 5.69 Å². The summed E-state index contributed by atoms with van der Waals surface area (Å²) in [6.07, 6.45) is -3.03. The van der Waals surface area contributed by atoms with Gasteiger partial charge in [0.05, 0.1) is 36.2 Å². The van der Waals surface area contributed by atoms with Crippen LogP contribution in [-0.2, 0) is 26.9 Å². The van der Waals surface area contributed by atoms with E-state index >= 15 is 0 Å². The van der Waals surface area contributed by atoms with Crippen molar-refractivity contribution in [2.24, 2.45) is 0 Å². The van der Waals surface area contributed by atoms with Crippen LogP contribution in [0.3, 0.4) is 0 Å². The van der Waals surface area contributed by atoms with Crippen LogP contribution >= 0.6 is 0 Å². The maximum Gasteiger partial charge on any atom is 0.416 e. The molecule has 12 heteroatoms. The van der Waals surface area contributed by atoms with E-state index in [2.05, 4.69) is 15.4 Å². The summed E-state index contributed by atoms with van der Waals surface area (Å²) in [6.45, 7) is 5.23. The number of ether oxygens (including phenoxy) is 2. The molecule has 2 aliphatic rings. The summed E-state index contributed by atoms with van der Waals surface area (Å²) >= 11 is 0. The van der Waals surface area contributed by atoms with E-state index in [1.54, 1.807) is 6.07 Å². The fraction of sp³-hybridized carbons (Fsp3) is 0.577. The van der Waals surface area contributed by atoms with Crippen molar-refractivity contribution >= 4 is 12.0 Å². The van der Waals surface area contributed by atoms with Crippen LogP contribution in [0.2, 0.25) is 0 Å². The number of rotatable bonds is 9. The molecule has 4 rings (SSSR count). The predicted molar refractivity (Wildman–Crippen MR) is 133 cm³/mol. The fourth-order valence-corrected chi connectivity index (χ4v) is 4.68. The first kappa shape index (κ1) is 27.9. The Hall–Kier alpha value is -3.12. The van der Waals surface area contributed by atoms with E-state index in [9.17, 15) is 22.8 Å². The summed E-state index contributed by atoms with van der Waals surface area (Å²) in [5, 5.41) is 10.5. The Morgan fingerprint density at radius 3 is 2.71 bits per heavy atom. The number of alkyl halides is 3. The van der Waals surface area contributed by atoms with Crippen molar-refractivity contribution in [3.05, 3.63) is 47.3 Å². The van der Waals surface area contributed by atoms with Gasteiger partial charge in [0, 0.05) is 31.4 Å². The first-order chi connectivity index (χ1) is 18.1. The molecule has 3 atom stereocenters. The van der Waals surface area contributed by atoms with Crippen LogP contribution in [-0.4, -0.2) is 71.7 Å². The van der Waals surface area contributed by atoms with Gasteiger partial charge in [0.25, 0.3) is 5.91 Å². The lowest BCUT2D eigenvalue weighted by Crippen LogP contribution is -2.53. The lowest BCUT2D eigenvalue weighted by atomic mass is 10.1. The average molecular weight is 538 g/mol. The number of alkyl carbamates (subject to hydrolysis) is 1. The van der Waals surface area contributed by atoms with E-state index in [1.165, 1.54) is 17.9 Å². The average Bonchev–Trinajstić information content (AvgIpc) is 3.63. The van der Waals surface area contributed by atoms with Crippen molar-refractivity contribution < 1.29 is 32.2 Å². The quantitative estimate of drug-likeness (QED) is 0.475. The van der Waals surface area contributed by atoms with Gasteiger partial charge >= 0.3 is 12.3 Å². The van der Waals surface area contributed by atoms with Crippen molar-refractivity contribution in [1.29, 1.82) is 0 Å². The van der Waals surface area contributed by atoms with Crippen LogP contribution < -0.4 is 10.6 Å². The van der Waals surface area contributed by atoms with Gasteiger partial charge in [-0.3, -0.25) is 4.79 Å². The number of aryl methyl sites for hydroxylation is 1. The molecule has 0 spiro atoms. The second-order valence-electron chi connectivity index (χ2n) is 9.79. The van der Waals surface area contributed by atoms with Gasteiger partial charge in [0.15, 0.2) is 0 Å². The van der Waals surface area contributed by atoms with Gasteiger partial charge in [0.2, 0.25) is 0 Å². The minimum atomic E-state index is -4.50. The Balaban J connectivity index is 1.62. The lowest BCUT2D eigenvalue weighted by molar-refractivity contribution is -0.152. The van der Waals surface area contributed by atoms with Crippen LogP contribution in [0.4, 0.5) is 18.0 Å². The third-order valence-electron chi connectivity index (χ3n) is 6.76. The number of halogens is 3. The number of hydrogen-bond donors (Lipinski definition) is 2. The molecule has 1 saturated carbocycles. The van der Waals surface area contributed by atoms with Crippen LogP contribution in [0.1, 0.15) is 56.1 Å². The summed E-state index contributed by atoms with van der Waals surface area (Å²) in [5.74, 6) is -0.114. The topological polar surface area (TPSA) is 97.7 Å². The molecule has 0 bridgehead atoms. The van der Waals surface area contributed by atoms with Gasteiger partial charge in [-0.05, 0) is 63.8 Å². The summed E-state index contributed by atoms with van der Waals surface area (Å²) in [7, 11) is 1.27. The highest BCUT2D eigenvalue weighted by molar-refractivity contribution is 5.82. The Morgan fingerprint density at radius 2 is 2.05 bits per heavy atom. The number of benzene rings is 1. The minimum absolute atomic E-state index is 0.0738. The number of nitrogens with one attached hydrogen (secondary N) is 2. The fourth-order valence-electron chi connectivity index (χ4n) is 4.68. The van der Waals surface area contributed by atoms with E-state index < -0.39 is 30.0 Å². The number of nitrogens with zero attached hydrogens (tertiary/aromatic N) is 3. The highest BCUT2D eigenvalue weighted by Crippen LogP contribution is 2.36. The number of methoxy groups -OCH3 is 1. The van der Waals surface area contributed by atoms with Gasteiger partial charge in [-0.2, -0.15) is 18.3 Å². The molecule has 2 aromatic rings. The highest BCUT2D eigenvalue weighted by Gasteiger charge is 2.41. The summed E-state index contributed by atoms with van der Waals surface area (Å²) in [5.41, 5.74) is 0.747. The molecule has 1 aromatic carbocycles. The molecule has 1 aliphatic heterocycles. The summed E-state index contributed by atoms with van der Waals surface area (Å²) in [6, 6.07) is 6.49. The molecule has 38 heavy (non-hydrogen) atoms. The van der Waals surface area contributed by atoms with Gasteiger partial charge in [-0.25, -0.2) is 9.48 Å². The molecule has 208 valence electrons. The Bertz CT molecular complexity index is 1130. The Morgan fingerprint density at radius 1 is 1.29 bits per heavy atom. The molecule has 0 radical (unpaired) electrons. The molecular formula is C26H34F3N5O4. The van der Waals surface area contributed by atoms with Crippen molar-refractivity contribution in [3.8, 4) is 5.69 Å². The molecule has 2 fully saturated rings. The number of carbonyl (C=O) groups is 2. The molecule has 1 aromatic heterocycles. The van der Waals surface area contributed by atoms with Crippen LogP contribution in [0.5, 0.6) is 0 Å². The predicted octanol–water partition coefficient (Wildman–Crippen LogP) is 3.61. The molecule has 2 amide bonds. The third-order valence-corrected chi connectivity index (χ3v) is 6.76. The first-order valence-corrected chi connectivity index (χ1v) is 12.8. The van der Waals surface area contributed by atoms with E-state index in [4.69, 9.17) is 9.84 Å². The number of aromatic nitrogens is 2. The van der Waals surface area contributed by atoms with Crippen molar-refractivity contribution in [2.75, 3.05) is 26.7 Å². The number of morpholine rings is 1. The third kappa shape index (κ3) is 6.65. The molecule has 1 saturated heterocycles. The van der Waals surface area contributed by atoms with Crippen molar-refractivity contribution in [2.45, 2.75) is 70.0 Å². The maximum absolute atomic E-state index is 13.5. The molecular weight excluding hydrogens is 503 g/mol. The Kier molecular flexibility index (Phi) is 8.61. The van der Waals surface area contributed by atoms with E-state index in [1.807, 2.05) is 24.8 Å². The zero-order valence-electron chi connectivity index (χ0n) is 21.8. The van der Waals surface area contributed by atoms with Gasteiger partial charge < -0.3 is 25.0 Å². The van der Waals surface area contributed by atoms with E-state index in [-0.39, 0.29) is 23.7 Å². The highest BCUT2D eigenvalue weighted by atomic mass is 19.4. The Labute approximate surface area is 219 Å². The number of carbonyl (C=O) groups excluding carboxylic acids is 2. The van der Waals surface area contributed by atoms with Gasteiger partial charge in [0.1, 0.15) is 6.10 Å². The van der Waals surface area contributed by atoms with Gasteiger partial charge in [-0.15, -0.1) is 0 Å². The smallest absolute Gasteiger partial charge is 0.416 e. The standard InChI is InChI=1S/C26H34F3N5O4/c1-16-14-30-15-23(38-16)24(35)33(19-9-10-19)17(2)22-13-21(8-5-11-31-25(36)37-3)34(32-22)20-7-4-6-18(12-20)26(27,28)29/h4,6-7,12-13,16-17,19,23,30H,5,8-11,14-15H2,1-3H3,(H,31,36)/t16-,17-,23-/m1/s1. The van der Waals surface area contributed by atoms with E-state index in [0.717, 1.165) is 25.0 Å². The zero-order valence-corrected chi connectivity index (χ0v) is 21.8. The van der Waals surface area contributed by atoms with Crippen LogP contribution in [0.15, 0.2) is 30.3 Å². The summed E-state index contributed by atoms with van der Waals surface area (Å²) < 4.78 is 52.3. The largest absolute Gasteiger partial charge is 0.453 e. The van der Waals surface area contributed by atoms with E-state index in [0.29, 0.717) is 43.9 Å². The van der Waals surface area contributed by atoms with Crippen molar-refractivity contribution in [1.82, 2.24) is 25.3 Å². The molecule has 0 unspecified atom stereocenters. The molecule has 1 aliphatic carbocycles. The number of amides is 2. The normalized spacial score (nSPS) is 20.6. The second kappa shape index (κ2) is 11.7. The van der Waals surface area contributed by atoms with Crippen LogP contribution in [0, 0.1) is 0 Å². The SMILES string of the molecule is COC(=O)NCCCc1cc([C@@H](C)N(C(=O)[C@H]2CNC[C@@H](C)O2)C2CC2)nn1-c1cccc(C(F)(F)F)c1. The maximum atomic E-state index is 13.5. The number of hydrogen-bond acceptors (Lipinski definition) is 6. The van der Waals surface area contributed by atoms with Gasteiger partial charge in [-0.1, -0.05) is 6.07 Å². The first-order valence-electron chi connectivity index (χ1n) is 12.8. The monoisotopic (exact) mass is 537 g/mol. The zero-order chi connectivity index (χ0) is 27.4. The molecule has 2 N–H and O–H groups in total. The van der Waals surface area contributed by atoms with Crippen molar-refractivity contribution in [3.63, 3.8) is 0 Å². The lowest BCUT2D eigenvalue weighted by Gasteiger charge is -2.35. The molecule has 2 heterocycles. The minimum Gasteiger partial charge on any atom is -0.453 e. The second-order valence-corrected chi connectivity index (χ2v) is 9.79. The molecule has 9 nitrogen and oxygen atoms in total. The summed E-state index contributed by atoms with van der Waals surface area (Å²) in [4.78, 5) is 26.7.